The van der Waals surface area contributed by atoms with Gasteiger partial charge in [0.2, 0.25) is 0 Å². The Morgan fingerprint density at radius 2 is 1.64 bits per heavy atom. The maximum atomic E-state index is 10.9. The first-order valence-electron chi connectivity index (χ1n) is 8.16. The average molecular weight is 304 g/mol. The number of aliphatic hydroxyl groups is 2. The van der Waals surface area contributed by atoms with Gasteiger partial charge in [0.1, 0.15) is 0 Å². The van der Waals surface area contributed by atoms with Crippen molar-refractivity contribution in [3.8, 4) is 0 Å². The first-order chi connectivity index (χ1) is 10.00. The molecule has 0 spiro atoms. The maximum absolute atomic E-state index is 10.9. The molecule has 2 nitrogen and oxygen atoms in total. The van der Waals surface area contributed by atoms with Gasteiger partial charge in [-0.2, -0.15) is 0 Å². The summed E-state index contributed by atoms with van der Waals surface area (Å²) in [7, 11) is 0. The molecule has 0 saturated carbocycles. The van der Waals surface area contributed by atoms with Gasteiger partial charge in [-0.15, -0.1) is 0 Å². The fourth-order valence-electron chi connectivity index (χ4n) is 2.96. The Morgan fingerprint density at radius 1 is 1.09 bits per heavy atom. The molecule has 1 rings (SSSR count). The minimum atomic E-state index is -0.738. The summed E-state index contributed by atoms with van der Waals surface area (Å²) in [6.45, 7) is 18.1. The molecule has 0 aliphatic carbocycles. The van der Waals surface area contributed by atoms with Crippen molar-refractivity contribution >= 4 is 5.57 Å². The first-order valence-corrected chi connectivity index (χ1v) is 8.16. The van der Waals surface area contributed by atoms with Crippen LogP contribution < -0.4 is 0 Å². The second kappa shape index (κ2) is 6.97. The molecule has 0 amide bonds. The van der Waals surface area contributed by atoms with Gasteiger partial charge in [0.25, 0.3) is 0 Å². The number of rotatable bonds is 6. The smallest absolute Gasteiger partial charge is 0.0871 e. The normalized spacial score (nSPS) is 15.2. The molecule has 0 aliphatic heterocycles. The molecule has 0 heterocycles. The summed E-state index contributed by atoms with van der Waals surface area (Å²) < 4.78 is 0. The monoisotopic (exact) mass is 304 g/mol. The van der Waals surface area contributed by atoms with Crippen LogP contribution in [-0.2, 0) is 0 Å². The second-order valence-electron chi connectivity index (χ2n) is 7.69. The minimum Gasteiger partial charge on any atom is -0.392 e. The third-order valence-electron chi connectivity index (χ3n) is 4.60. The van der Waals surface area contributed by atoms with E-state index in [4.69, 9.17) is 0 Å². The summed E-state index contributed by atoms with van der Waals surface area (Å²) in [5.74, 6) is 0.520. The van der Waals surface area contributed by atoms with Crippen molar-refractivity contribution in [2.75, 3.05) is 0 Å². The van der Waals surface area contributed by atoms with Crippen molar-refractivity contribution in [3.05, 3.63) is 41.5 Å². The predicted molar refractivity (Wildman–Crippen MR) is 94.8 cm³/mol. The van der Waals surface area contributed by atoms with Crippen LogP contribution in [0.4, 0.5) is 0 Å². The predicted octanol–water partition coefficient (Wildman–Crippen LogP) is 4.92. The molecule has 2 N–H and O–H groups in total. The zero-order chi connectivity index (χ0) is 17.2. The zero-order valence-electron chi connectivity index (χ0n) is 15.1. The lowest BCUT2D eigenvalue weighted by Gasteiger charge is -2.38. The standard InChI is InChI=1S/C20H32O2/c1-12(2)15-9-10-16(17(11-15)13(3)4)19(22)20(7,8)18(21)14(5)6/h9-12,14,18-19,21-22H,3H2,1-2,4-8H3/t18-,19+/m0/s1. The van der Waals surface area contributed by atoms with Gasteiger partial charge in [-0.1, -0.05) is 71.9 Å². The van der Waals surface area contributed by atoms with Crippen molar-refractivity contribution in [3.63, 3.8) is 0 Å². The first kappa shape index (κ1) is 18.9. The van der Waals surface area contributed by atoms with E-state index in [0.717, 1.165) is 16.7 Å². The van der Waals surface area contributed by atoms with Crippen LogP contribution in [0.2, 0.25) is 0 Å². The lowest BCUT2D eigenvalue weighted by molar-refractivity contribution is -0.0696. The van der Waals surface area contributed by atoms with Crippen LogP contribution in [0.5, 0.6) is 0 Å². The number of hydrogen-bond acceptors (Lipinski definition) is 2. The summed E-state index contributed by atoms with van der Waals surface area (Å²) in [6, 6.07) is 6.16. The van der Waals surface area contributed by atoms with Gasteiger partial charge in [0.05, 0.1) is 12.2 Å². The highest BCUT2D eigenvalue weighted by Gasteiger charge is 2.38. The van der Waals surface area contributed by atoms with E-state index in [2.05, 4.69) is 32.6 Å². The Kier molecular flexibility index (Phi) is 6.00. The second-order valence-corrected chi connectivity index (χ2v) is 7.69. The largest absolute Gasteiger partial charge is 0.392 e. The van der Waals surface area contributed by atoms with E-state index in [9.17, 15) is 10.2 Å². The lowest BCUT2D eigenvalue weighted by Crippen LogP contribution is -2.39. The fraction of sp³-hybridized carbons (Fsp3) is 0.600. The van der Waals surface area contributed by atoms with Gasteiger partial charge in [0.15, 0.2) is 0 Å². The van der Waals surface area contributed by atoms with Crippen LogP contribution in [0.15, 0.2) is 24.8 Å². The van der Waals surface area contributed by atoms with Crippen LogP contribution >= 0.6 is 0 Å². The topological polar surface area (TPSA) is 40.5 Å². The molecule has 22 heavy (non-hydrogen) atoms. The number of benzene rings is 1. The summed E-state index contributed by atoms with van der Waals surface area (Å²) in [5.41, 5.74) is 3.38. The van der Waals surface area contributed by atoms with Crippen LogP contribution in [0.3, 0.4) is 0 Å². The molecule has 1 aromatic carbocycles. The molecule has 0 aliphatic rings. The Hall–Kier alpha value is -1.12. The highest BCUT2D eigenvalue weighted by molar-refractivity contribution is 5.66. The van der Waals surface area contributed by atoms with E-state index in [-0.39, 0.29) is 5.92 Å². The van der Waals surface area contributed by atoms with Gasteiger partial charge in [-0.3, -0.25) is 0 Å². The lowest BCUT2D eigenvalue weighted by atomic mass is 9.72. The quantitative estimate of drug-likeness (QED) is 0.783. The minimum absolute atomic E-state index is 0.0906. The van der Waals surface area contributed by atoms with Crippen molar-refractivity contribution in [1.29, 1.82) is 0 Å². The Morgan fingerprint density at radius 3 is 2.05 bits per heavy atom. The molecule has 2 atom stereocenters. The van der Waals surface area contributed by atoms with E-state index < -0.39 is 17.6 Å². The molecule has 0 aromatic heterocycles. The highest BCUT2D eigenvalue weighted by atomic mass is 16.3. The maximum Gasteiger partial charge on any atom is 0.0871 e. The van der Waals surface area contributed by atoms with Crippen molar-refractivity contribution < 1.29 is 10.2 Å². The molecule has 0 bridgehead atoms. The van der Waals surface area contributed by atoms with Gasteiger partial charge >= 0.3 is 0 Å². The van der Waals surface area contributed by atoms with E-state index in [0.29, 0.717) is 5.92 Å². The third-order valence-corrected chi connectivity index (χ3v) is 4.60. The van der Waals surface area contributed by atoms with E-state index >= 15 is 0 Å². The molecule has 2 heteroatoms. The fourth-order valence-corrected chi connectivity index (χ4v) is 2.96. The van der Waals surface area contributed by atoms with E-state index in [1.54, 1.807) is 0 Å². The highest BCUT2D eigenvalue weighted by Crippen LogP contribution is 2.41. The summed E-state index contributed by atoms with van der Waals surface area (Å²) in [6.07, 6.45) is -1.32. The SMILES string of the molecule is C=C(C)c1cc(C(C)C)ccc1[C@@H](O)C(C)(C)[C@@H](O)C(C)C. The third kappa shape index (κ3) is 3.80. The van der Waals surface area contributed by atoms with Crippen molar-refractivity contribution in [2.45, 2.75) is 66.6 Å². The summed E-state index contributed by atoms with van der Waals surface area (Å²) in [4.78, 5) is 0. The zero-order valence-corrected chi connectivity index (χ0v) is 15.1. The summed E-state index contributed by atoms with van der Waals surface area (Å²) in [5, 5.41) is 21.4. The van der Waals surface area contributed by atoms with E-state index in [1.807, 2.05) is 40.7 Å². The van der Waals surface area contributed by atoms with Crippen molar-refractivity contribution in [2.24, 2.45) is 11.3 Å². The van der Waals surface area contributed by atoms with Crippen LogP contribution in [0.25, 0.3) is 5.57 Å². The summed E-state index contributed by atoms with van der Waals surface area (Å²) >= 11 is 0. The number of hydrogen-bond donors (Lipinski definition) is 2. The number of allylic oxidation sites excluding steroid dienone is 1. The molecular weight excluding hydrogens is 272 g/mol. The van der Waals surface area contributed by atoms with E-state index in [1.165, 1.54) is 5.56 Å². The average Bonchev–Trinajstić information content (AvgIpc) is 2.44. The van der Waals surface area contributed by atoms with Crippen molar-refractivity contribution in [1.82, 2.24) is 0 Å². The molecule has 1 aromatic rings. The molecule has 0 unspecified atom stereocenters. The molecule has 0 saturated heterocycles. The van der Waals surface area contributed by atoms with Gasteiger partial charge in [-0.25, -0.2) is 0 Å². The molecule has 0 fully saturated rings. The Bertz CT molecular complexity index is 527. The van der Waals surface area contributed by atoms with Gasteiger partial charge < -0.3 is 10.2 Å². The van der Waals surface area contributed by atoms with Gasteiger partial charge in [0, 0.05) is 5.41 Å². The van der Waals surface area contributed by atoms with Crippen LogP contribution in [0, 0.1) is 11.3 Å². The van der Waals surface area contributed by atoms with Crippen LogP contribution in [-0.4, -0.2) is 16.3 Å². The molecular formula is C20H32O2. The molecule has 0 radical (unpaired) electrons. The molecule has 124 valence electrons. The Labute approximate surface area is 135 Å². The Balaban J connectivity index is 3.33. The number of aliphatic hydroxyl groups excluding tert-OH is 2. The van der Waals surface area contributed by atoms with Gasteiger partial charge in [-0.05, 0) is 35.4 Å². The van der Waals surface area contributed by atoms with Crippen LogP contribution in [0.1, 0.15) is 77.2 Å².